The third-order valence-corrected chi connectivity index (χ3v) is 5.72. The fourth-order valence-corrected chi connectivity index (χ4v) is 3.99. The summed E-state index contributed by atoms with van der Waals surface area (Å²) in [6.07, 6.45) is 2.90. The number of para-hydroxylation sites is 1. The quantitative estimate of drug-likeness (QED) is 0.614. The summed E-state index contributed by atoms with van der Waals surface area (Å²) < 4.78 is 8.21. The summed E-state index contributed by atoms with van der Waals surface area (Å²) in [5.41, 5.74) is 0.863. The first-order valence-corrected chi connectivity index (χ1v) is 10.1. The van der Waals surface area contributed by atoms with Crippen LogP contribution in [0.5, 0.6) is 0 Å². The first kappa shape index (κ1) is 20.5. The van der Waals surface area contributed by atoms with Gasteiger partial charge in [-0.2, -0.15) is 0 Å². The third kappa shape index (κ3) is 3.84. The Morgan fingerprint density at radius 3 is 2.55 bits per heavy atom. The minimum Gasteiger partial charge on any atom is -0.465 e. The van der Waals surface area contributed by atoms with E-state index in [1.807, 2.05) is 6.07 Å². The number of carbonyl (C=O) groups is 3. The Morgan fingerprint density at radius 1 is 1.13 bits per heavy atom. The molecular weight excluding hydrogens is 420 g/mol. The van der Waals surface area contributed by atoms with Crippen LogP contribution in [0.3, 0.4) is 0 Å². The van der Waals surface area contributed by atoms with Gasteiger partial charge in [0.1, 0.15) is 18.0 Å². The van der Waals surface area contributed by atoms with Gasteiger partial charge in [0.2, 0.25) is 5.91 Å². The molecule has 0 radical (unpaired) electrons. The number of furan rings is 1. The maximum Gasteiger partial charge on any atom is 0.295 e. The molecule has 0 atom stereocenters. The van der Waals surface area contributed by atoms with Crippen molar-refractivity contribution in [3.63, 3.8) is 0 Å². The number of aromatic nitrogens is 2. The Hall–Kier alpha value is -3.79. The van der Waals surface area contributed by atoms with Crippen molar-refractivity contribution < 1.29 is 18.8 Å². The topological polar surface area (TPSA) is 107 Å². The Morgan fingerprint density at radius 2 is 1.87 bits per heavy atom. The summed E-state index contributed by atoms with van der Waals surface area (Å²) >= 11 is 0.727. The number of carbonyl (C=O) groups excluding carboxylic acids is 3. The molecule has 3 amide bonds. The first-order chi connectivity index (χ1) is 14.9. The van der Waals surface area contributed by atoms with E-state index in [0.29, 0.717) is 17.1 Å². The van der Waals surface area contributed by atoms with E-state index in [1.54, 1.807) is 55.1 Å². The van der Waals surface area contributed by atoms with E-state index < -0.39 is 29.2 Å². The van der Waals surface area contributed by atoms with Gasteiger partial charge in [-0.05, 0) is 43.0 Å². The molecule has 1 aliphatic heterocycles. The molecule has 0 aliphatic carbocycles. The van der Waals surface area contributed by atoms with Crippen LogP contribution in [0, 0.1) is 6.92 Å². The first-order valence-electron chi connectivity index (χ1n) is 9.29. The number of nitrogens with zero attached hydrogens (tertiary/aromatic N) is 3. The van der Waals surface area contributed by atoms with Crippen LogP contribution in [-0.2, 0) is 16.6 Å². The number of rotatable bonds is 5. The lowest BCUT2D eigenvalue weighted by Crippen LogP contribution is -2.37. The maximum absolute atomic E-state index is 12.9. The summed E-state index contributed by atoms with van der Waals surface area (Å²) in [6, 6.07) is 12.3. The van der Waals surface area contributed by atoms with Crippen LogP contribution in [-0.4, -0.2) is 37.9 Å². The molecule has 1 fully saturated rings. The van der Waals surface area contributed by atoms with Crippen molar-refractivity contribution in [1.29, 1.82) is 0 Å². The van der Waals surface area contributed by atoms with Crippen LogP contribution in [0.4, 0.5) is 10.5 Å². The summed E-state index contributed by atoms with van der Waals surface area (Å²) in [6.45, 7) is 1.20. The second kappa shape index (κ2) is 8.15. The van der Waals surface area contributed by atoms with E-state index in [1.165, 1.54) is 17.0 Å². The lowest BCUT2D eigenvalue weighted by atomic mass is 10.3. The molecular formula is C21H18N4O5S. The van der Waals surface area contributed by atoms with Crippen LogP contribution in [0.1, 0.15) is 11.5 Å². The predicted octanol–water partition coefficient (Wildman–Crippen LogP) is 2.75. The van der Waals surface area contributed by atoms with Crippen molar-refractivity contribution in [1.82, 2.24) is 14.3 Å². The summed E-state index contributed by atoms with van der Waals surface area (Å²) in [7, 11) is 1.70. The van der Waals surface area contributed by atoms with Crippen molar-refractivity contribution in [3.05, 3.63) is 75.4 Å². The van der Waals surface area contributed by atoms with Crippen molar-refractivity contribution in [2.75, 3.05) is 11.9 Å². The smallest absolute Gasteiger partial charge is 0.295 e. The largest absolute Gasteiger partial charge is 0.465 e. The zero-order valence-electron chi connectivity index (χ0n) is 16.7. The number of nitrogens with one attached hydrogen (secondary N) is 1. The molecule has 31 heavy (non-hydrogen) atoms. The van der Waals surface area contributed by atoms with E-state index in [2.05, 4.69) is 5.32 Å². The van der Waals surface area contributed by atoms with Gasteiger partial charge in [-0.3, -0.25) is 28.8 Å². The third-order valence-electron chi connectivity index (χ3n) is 4.81. The molecule has 0 spiro atoms. The average molecular weight is 438 g/mol. The van der Waals surface area contributed by atoms with Crippen LogP contribution < -0.4 is 10.9 Å². The van der Waals surface area contributed by atoms with Gasteiger partial charge in [-0.15, -0.1) is 0 Å². The molecule has 158 valence electrons. The van der Waals surface area contributed by atoms with Crippen LogP contribution in [0.15, 0.2) is 62.8 Å². The number of hydrogen-bond acceptors (Lipinski definition) is 6. The minimum atomic E-state index is -0.646. The zero-order chi connectivity index (χ0) is 22.1. The molecule has 3 heterocycles. The molecule has 0 unspecified atom stereocenters. The van der Waals surface area contributed by atoms with Gasteiger partial charge in [-0.1, -0.05) is 18.2 Å². The van der Waals surface area contributed by atoms with E-state index in [9.17, 15) is 19.2 Å². The van der Waals surface area contributed by atoms with Gasteiger partial charge >= 0.3 is 0 Å². The van der Waals surface area contributed by atoms with Crippen molar-refractivity contribution in [2.24, 2.45) is 7.05 Å². The Bertz CT molecular complexity index is 1250. The van der Waals surface area contributed by atoms with Crippen LogP contribution in [0.25, 0.3) is 11.8 Å². The lowest BCUT2D eigenvalue weighted by Gasteiger charge is -2.11. The molecule has 0 saturated carbocycles. The second-order valence-corrected chi connectivity index (χ2v) is 7.76. The average Bonchev–Trinajstić information content (AvgIpc) is 3.41. The van der Waals surface area contributed by atoms with Crippen LogP contribution in [0.2, 0.25) is 0 Å². The molecule has 0 bridgehead atoms. The summed E-state index contributed by atoms with van der Waals surface area (Å²) in [4.78, 5) is 51.2. The fourth-order valence-electron chi connectivity index (χ4n) is 3.17. The molecule has 1 saturated heterocycles. The highest BCUT2D eigenvalue weighted by Gasteiger charge is 2.36. The fraction of sp³-hybridized carbons (Fsp3) is 0.143. The number of hydrogen-bond donors (Lipinski definition) is 1. The monoisotopic (exact) mass is 438 g/mol. The van der Waals surface area contributed by atoms with Gasteiger partial charge in [0, 0.05) is 13.1 Å². The standard InChI is InChI=1S/C21H18N4O5S/c1-13-18(20(28)25(23(13)2)14-7-4-3-5-8-14)22-17(26)12-24-19(27)16(31-21(24)29)11-15-9-6-10-30-15/h3-11H,12H2,1-2H3,(H,22,26)/b16-11+. The maximum atomic E-state index is 12.9. The molecule has 2 aromatic heterocycles. The number of benzene rings is 1. The zero-order valence-corrected chi connectivity index (χ0v) is 17.5. The van der Waals surface area contributed by atoms with E-state index in [0.717, 1.165) is 16.7 Å². The number of imide groups is 1. The van der Waals surface area contributed by atoms with E-state index in [-0.39, 0.29) is 10.6 Å². The van der Waals surface area contributed by atoms with E-state index >= 15 is 0 Å². The Kier molecular flexibility index (Phi) is 5.38. The van der Waals surface area contributed by atoms with Crippen molar-refractivity contribution >= 4 is 40.6 Å². The molecule has 9 nitrogen and oxygen atoms in total. The molecule has 10 heteroatoms. The number of anilines is 1. The minimum absolute atomic E-state index is 0.0921. The molecule has 3 aromatic rings. The van der Waals surface area contributed by atoms with Gasteiger partial charge < -0.3 is 9.73 Å². The number of thioether (sulfide) groups is 1. The van der Waals surface area contributed by atoms with Gasteiger partial charge in [0.15, 0.2) is 0 Å². The Labute approximate surface area is 180 Å². The van der Waals surface area contributed by atoms with Gasteiger partial charge in [-0.25, -0.2) is 4.68 Å². The molecule has 1 aromatic carbocycles. The second-order valence-electron chi connectivity index (χ2n) is 6.77. The Balaban J connectivity index is 1.53. The van der Waals surface area contributed by atoms with Crippen molar-refractivity contribution in [2.45, 2.75) is 6.92 Å². The van der Waals surface area contributed by atoms with Crippen molar-refractivity contribution in [3.8, 4) is 5.69 Å². The van der Waals surface area contributed by atoms with Crippen LogP contribution >= 0.6 is 11.8 Å². The highest BCUT2D eigenvalue weighted by atomic mass is 32.2. The lowest BCUT2D eigenvalue weighted by molar-refractivity contribution is -0.127. The molecule has 1 aliphatic rings. The highest BCUT2D eigenvalue weighted by molar-refractivity contribution is 8.18. The highest BCUT2D eigenvalue weighted by Crippen LogP contribution is 2.32. The predicted molar refractivity (Wildman–Crippen MR) is 116 cm³/mol. The van der Waals surface area contributed by atoms with Gasteiger partial charge in [0.25, 0.3) is 16.7 Å². The number of amides is 3. The summed E-state index contributed by atoms with van der Waals surface area (Å²) in [5.74, 6) is -0.808. The van der Waals surface area contributed by atoms with Gasteiger partial charge in [0.05, 0.1) is 22.5 Å². The molecule has 1 N–H and O–H groups in total. The molecule has 4 rings (SSSR count). The normalized spacial score (nSPS) is 15.2. The summed E-state index contributed by atoms with van der Waals surface area (Å²) in [5, 5.41) is 1.99. The van der Waals surface area contributed by atoms with E-state index in [4.69, 9.17) is 4.42 Å². The SMILES string of the molecule is Cc1c(NC(=O)CN2C(=O)S/C(=C/c3ccco3)C2=O)c(=O)n(-c2ccccc2)n1C.